The molecule has 0 rings (SSSR count). The fourth-order valence-corrected chi connectivity index (χ4v) is 2.79. The van der Waals surface area contributed by atoms with Crippen LogP contribution in [0.25, 0.3) is 0 Å². The van der Waals surface area contributed by atoms with E-state index in [1.54, 1.807) is 7.11 Å². The monoisotopic (exact) mass is 274 g/mol. The third-order valence-corrected chi connectivity index (χ3v) is 3.39. The Balaban J connectivity index is 4.92. The Labute approximate surface area is 108 Å². The molecule has 0 aromatic heterocycles. The molecule has 0 amide bonds. The lowest BCUT2D eigenvalue weighted by Crippen LogP contribution is -2.28. The maximum absolute atomic E-state index is 5.86. The highest BCUT2D eigenvalue weighted by Gasteiger charge is 2.23. The van der Waals surface area contributed by atoms with Crippen molar-refractivity contribution in [1.29, 1.82) is 0 Å². The maximum atomic E-state index is 5.86. The number of rotatable bonds is 6. The fourth-order valence-electron chi connectivity index (χ4n) is 1.11. The molecule has 100 valence electrons. The summed E-state index contributed by atoms with van der Waals surface area (Å²) in [4.78, 5) is 0. The molecule has 3 nitrogen and oxygen atoms in total. The van der Waals surface area contributed by atoms with Crippen LogP contribution in [0.15, 0.2) is 23.9 Å². The van der Waals surface area contributed by atoms with Crippen molar-refractivity contribution in [3.63, 3.8) is 0 Å². The van der Waals surface area contributed by atoms with Gasteiger partial charge in [0, 0.05) is 0 Å². The molecular weight excluding hydrogens is 248 g/mol. The van der Waals surface area contributed by atoms with Gasteiger partial charge in [0.2, 0.25) is 16.6 Å². The van der Waals surface area contributed by atoms with Crippen LogP contribution in [0.3, 0.4) is 0 Å². The minimum Gasteiger partial charge on any atom is -0.544 e. The molecule has 0 aliphatic carbocycles. The molecule has 0 fully saturated rings. The van der Waals surface area contributed by atoms with E-state index < -0.39 is 16.6 Å². The smallest absolute Gasteiger partial charge is 0.271 e. The van der Waals surface area contributed by atoms with Gasteiger partial charge < -0.3 is 13.6 Å². The van der Waals surface area contributed by atoms with Gasteiger partial charge in [0.1, 0.15) is 5.76 Å². The molecular formula is C12H26O3Si2. The van der Waals surface area contributed by atoms with Crippen molar-refractivity contribution in [2.45, 2.75) is 46.2 Å². The summed E-state index contributed by atoms with van der Waals surface area (Å²) in [5.41, 5.74) is 0.845. The van der Waals surface area contributed by atoms with E-state index in [0.717, 1.165) is 5.57 Å². The molecule has 0 bridgehead atoms. The van der Waals surface area contributed by atoms with Gasteiger partial charge in [-0.1, -0.05) is 6.58 Å². The van der Waals surface area contributed by atoms with E-state index in [9.17, 15) is 0 Å². The summed E-state index contributed by atoms with van der Waals surface area (Å²) in [5.74, 6) is 1.19. The van der Waals surface area contributed by atoms with Crippen molar-refractivity contribution >= 4 is 16.6 Å². The summed E-state index contributed by atoms with van der Waals surface area (Å²) in [7, 11) is -1.70. The van der Waals surface area contributed by atoms with Gasteiger partial charge in [-0.15, -0.1) is 0 Å². The van der Waals surface area contributed by atoms with Crippen LogP contribution in [-0.4, -0.2) is 23.7 Å². The largest absolute Gasteiger partial charge is 0.544 e. The highest BCUT2D eigenvalue weighted by molar-refractivity contribution is 6.70. The zero-order valence-electron chi connectivity index (χ0n) is 12.4. The third kappa shape index (κ3) is 7.28. The summed E-state index contributed by atoms with van der Waals surface area (Å²) in [6.45, 7) is 18.6. The number of methoxy groups -OCH3 is 1. The van der Waals surface area contributed by atoms with Crippen LogP contribution in [0.1, 0.15) is 6.92 Å². The fraction of sp³-hybridized carbons (Fsp3) is 0.667. The van der Waals surface area contributed by atoms with Gasteiger partial charge >= 0.3 is 0 Å². The quantitative estimate of drug-likeness (QED) is 0.415. The predicted octanol–water partition coefficient (Wildman–Crippen LogP) is 4.08. The Morgan fingerprint density at radius 2 is 1.29 bits per heavy atom. The van der Waals surface area contributed by atoms with E-state index in [1.165, 1.54) is 0 Å². The molecule has 0 N–H and O–H groups in total. The van der Waals surface area contributed by atoms with Crippen molar-refractivity contribution in [3.05, 3.63) is 23.9 Å². The number of allylic oxidation sites excluding steroid dienone is 1. The van der Waals surface area contributed by atoms with Gasteiger partial charge in [-0.25, -0.2) is 0 Å². The molecule has 0 aliphatic heterocycles. The lowest BCUT2D eigenvalue weighted by atomic mass is 10.3. The Bertz CT molecular complexity index is 309. The van der Waals surface area contributed by atoms with Crippen molar-refractivity contribution in [2.75, 3.05) is 7.11 Å². The molecule has 0 aromatic rings. The molecule has 0 atom stereocenters. The van der Waals surface area contributed by atoms with Crippen LogP contribution in [0.5, 0.6) is 0 Å². The first-order chi connectivity index (χ1) is 7.46. The van der Waals surface area contributed by atoms with E-state index in [1.807, 2.05) is 6.92 Å². The van der Waals surface area contributed by atoms with Crippen LogP contribution in [0.2, 0.25) is 39.3 Å². The Morgan fingerprint density at radius 3 is 1.59 bits per heavy atom. The van der Waals surface area contributed by atoms with E-state index in [-0.39, 0.29) is 0 Å². The van der Waals surface area contributed by atoms with Gasteiger partial charge in [0.15, 0.2) is 0 Å². The first-order valence-corrected chi connectivity index (χ1v) is 12.6. The lowest BCUT2D eigenvalue weighted by Gasteiger charge is -2.25. The standard InChI is InChI=1S/C12H26O3Si2/c1-10(11(2)14-16(4,5)6)12(13-3)15-17(7,8)9/h2H2,1,3-9H3/b12-10+. The first kappa shape index (κ1) is 16.3. The summed E-state index contributed by atoms with van der Waals surface area (Å²) < 4.78 is 17.0. The van der Waals surface area contributed by atoms with E-state index in [4.69, 9.17) is 13.6 Å². The molecule has 0 unspecified atom stereocenters. The Kier molecular flexibility index (Phi) is 5.54. The molecule has 0 heterocycles. The number of ether oxygens (including phenoxy) is 1. The topological polar surface area (TPSA) is 27.7 Å². The molecule has 0 aliphatic rings. The number of hydrogen-bond acceptors (Lipinski definition) is 3. The summed E-state index contributed by atoms with van der Waals surface area (Å²) in [5, 5.41) is 0. The first-order valence-electron chi connectivity index (χ1n) is 5.78. The SMILES string of the molecule is C=C(O[Si](C)(C)C)/C(C)=C(\OC)O[Si](C)(C)C. The predicted molar refractivity (Wildman–Crippen MR) is 77.7 cm³/mol. The molecule has 0 aromatic carbocycles. The van der Waals surface area contributed by atoms with Gasteiger partial charge in [-0.05, 0) is 46.2 Å². The van der Waals surface area contributed by atoms with Crippen LogP contribution in [0, 0.1) is 0 Å². The zero-order valence-corrected chi connectivity index (χ0v) is 14.4. The van der Waals surface area contributed by atoms with E-state index >= 15 is 0 Å². The van der Waals surface area contributed by atoms with Crippen LogP contribution in [0.4, 0.5) is 0 Å². The van der Waals surface area contributed by atoms with E-state index in [2.05, 4.69) is 45.9 Å². The van der Waals surface area contributed by atoms with Gasteiger partial charge in [-0.2, -0.15) is 0 Å². The third-order valence-electron chi connectivity index (χ3n) is 1.74. The van der Waals surface area contributed by atoms with Gasteiger partial charge in [0.05, 0.1) is 12.7 Å². The van der Waals surface area contributed by atoms with Gasteiger partial charge in [0.25, 0.3) is 5.95 Å². The Morgan fingerprint density at radius 1 is 0.882 bits per heavy atom. The minimum atomic E-state index is -1.68. The van der Waals surface area contributed by atoms with Crippen molar-refractivity contribution in [2.24, 2.45) is 0 Å². The maximum Gasteiger partial charge on any atom is 0.271 e. The number of hydrogen-bond donors (Lipinski definition) is 0. The Hall–Kier alpha value is -0.686. The normalized spacial score (nSPS) is 13.9. The second-order valence-corrected chi connectivity index (χ2v) is 14.8. The summed E-state index contributed by atoms with van der Waals surface area (Å²) in [6, 6.07) is 0. The average Bonchev–Trinajstić information content (AvgIpc) is 2.08. The van der Waals surface area contributed by atoms with Crippen molar-refractivity contribution < 1.29 is 13.6 Å². The molecule has 0 spiro atoms. The van der Waals surface area contributed by atoms with Crippen LogP contribution >= 0.6 is 0 Å². The zero-order chi connectivity index (χ0) is 13.9. The summed E-state index contributed by atoms with van der Waals surface area (Å²) >= 11 is 0. The molecule has 0 saturated carbocycles. The molecule has 17 heavy (non-hydrogen) atoms. The van der Waals surface area contributed by atoms with Crippen LogP contribution < -0.4 is 0 Å². The molecule has 0 radical (unpaired) electrons. The summed E-state index contributed by atoms with van der Waals surface area (Å²) in [6.07, 6.45) is 0. The second-order valence-electron chi connectivity index (χ2n) is 5.97. The van der Waals surface area contributed by atoms with Gasteiger partial charge in [-0.3, -0.25) is 0 Å². The highest BCUT2D eigenvalue weighted by Crippen LogP contribution is 2.22. The average molecular weight is 275 g/mol. The molecule has 0 saturated heterocycles. The van der Waals surface area contributed by atoms with Crippen LogP contribution in [-0.2, 0) is 13.6 Å². The molecule has 5 heteroatoms. The van der Waals surface area contributed by atoms with Crippen molar-refractivity contribution in [1.82, 2.24) is 0 Å². The highest BCUT2D eigenvalue weighted by atomic mass is 28.4. The van der Waals surface area contributed by atoms with E-state index in [0.29, 0.717) is 11.7 Å². The minimum absolute atomic E-state index is 0.535. The second kappa shape index (κ2) is 5.77. The van der Waals surface area contributed by atoms with Crippen molar-refractivity contribution in [3.8, 4) is 0 Å². The lowest BCUT2D eigenvalue weighted by molar-refractivity contribution is 0.141.